The molecule has 4 rings (SSSR count). The van der Waals surface area contributed by atoms with Crippen LogP contribution in [0.4, 0.5) is 15.2 Å². The van der Waals surface area contributed by atoms with Gasteiger partial charge in [0.2, 0.25) is 5.91 Å². The van der Waals surface area contributed by atoms with Crippen LogP contribution in [0.5, 0.6) is 0 Å². The van der Waals surface area contributed by atoms with E-state index >= 15 is 0 Å². The zero-order chi connectivity index (χ0) is 20.0. The summed E-state index contributed by atoms with van der Waals surface area (Å²) in [6.45, 7) is -0.386. The highest BCUT2D eigenvalue weighted by molar-refractivity contribution is 7.22. The van der Waals surface area contributed by atoms with Crippen molar-refractivity contribution in [3.63, 3.8) is 0 Å². The second kappa shape index (κ2) is 6.84. The molecule has 0 saturated heterocycles. The third-order valence-electron chi connectivity index (χ3n) is 3.85. The van der Waals surface area contributed by atoms with E-state index in [2.05, 4.69) is 20.4 Å². The van der Waals surface area contributed by atoms with E-state index in [0.29, 0.717) is 21.1 Å². The fourth-order valence-electron chi connectivity index (χ4n) is 2.54. The van der Waals surface area contributed by atoms with Gasteiger partial charge in [0.1, 0.15) is 23.4 Å². The number of benzene rings is 1. The van der Waals surface area contributed by atoms with Gasteiger partial charge in [-0.3, -0.25) is 4.79 Å². The molecule has 3 heterocycles. The molecule has 0 spiro atoms. The summed E-state index contributed by atoms with van der Waals surface area (Å²) in [6.07, 6.45) is 1.32. The maximum Gasteiger partial charge on any atom is 0.352 e. The van der Waals surface area contributed by atoms with E-state index in [1.807, 2.05) is 19.0 Å². The van der Waals surface area contributed by atoms with Crippen LogP contribution in [0.15, 0.2) is 29.3 Å². The van der Waals surface area contributed by atoms with Crippen LogP contribution < -0.4 is 15.9 Å². The van der Waals surface area contributed by atoms with Gasteiger partial charge in [0.15, 0.2) is 16.4 Å². The van der Waals surface area contributed by atoms with E-state index < -0.39 is 17.4 Å². The van der Waals surface area contributed by atoms with Crippen LogP contribution >= 0.6 is 22.9 Å². The minimum atomic E-state index is -0.671. The summed E-state index contributed by atoms with van der Waals surface area (Å²) in [6, 6.07) is 3.88. The lowest BCUT2D eigenvalue weighted by Gasteiger charge is -2.06. The highest BCUT2D eigenvalue weighted by Gasteiger charge is 2.17. The molecule has 0 radical (unpaired) electrons. The third-order valence-corrected chi connectivity index (χ3v) is 5.29. The first kappa shape index (κ1) is 18.3. The smallest absolute Gasteiger partial charge is 0.352 e. The van der Waals surface area contributed by atoms with E-state index in [1.165, 1.54) is 34.2 Å². The summed E-state index contributed by atoms with van der Waals surface area (Å²) in [4.78, 5) is 35.2. The number of fused-ring (bicyclic) bond motifs is 3. The first-order chi connectivity index (χ1) is 13.3. The van der Waals surface area contributed by atoms with Crippen molar-refractivity contribution >= 4 is 55.7 Å². The van der Waals surface area contributed by atoms with Crippen LogP contribution in [-0.2, 0) is 11.3 Å². The number of carbonyl (C=O) groups is 1. The van der Waals surface area contributed by atoms with Crippen molar-refractivity contribution in [2.75, 3.05) is 24.3 Å². The molecule has 0 aliphatic rings. The minimum Gasteiger partial charge on any atom is -0.354 e. The number of carbonyl (C=O) groups excluding carboxylic acids is 1. The Hall–Kier alpha value is -3.05. The van der Waals surface area contributed by atoms with Crippen LogP contribution in [0.25, 0.3) is 16.0 Å². The molecule has 0 aliphatic heterocycles. The molecule has 1 aromatic carbocycles. The SMILES string of the molecule is CN(C)c1nc2ncn3c(=O)n(CC(=O)Nc4ccc(Cl)cc4F)nc3c2s1. The van der Waals surface area contributed by atoms with Gasteiger partial charge in [-0.1, -0.05) is 22.9 Å². The summed E-state index contributed by atoms with van der Waals surface area (Å²) in [7, 11) is 3.69. The number of nitrogens with one attached hydrogen (secondary N) is 1. The van der Waals surface area contributed by atoms with Gasteiger partial charge in [0.05, 0.1) is 5.69 Å². The lowest BCUT2D eigenvalue weighted by atomic mass is 10.3. The van der Waals surface area contributed by atoms with Crippen molar-refractivity contribution in [1.29, 1.82) is 0 Å². The number of anilines is 2. The Morgan fingerprint density at radius 2 is 2.18 bits per heavy atom. The number of amides is 1. The van der Waals surface area contributed by atoms with Crippen LogP contribution in [0, 0.1) is 5.82 Å². The lowest BCUT2D eigenvalue weighted by Crippen LogP contribution is -2.28. The maximum atomic E-state index is 13.8. The van der Waals surface area contributed by atoms with Crippen molar-refractivity contribution in [2.45, 2.75) is 6.54 Å². The monoisotopic (exact) mass is 421 g/mol. The Morgan fingerprint density at radius 3 is 2.89 bits per heavy atom. The molecule has 12 heteroatoms. The molecule has 3 aromatic heterocycles. The Morgan fingerprint density at radius 1 is 1.39 bits per heavy atom. The predicted molar refractivity (Wildman–Crippen MR) is 105 cm³/mol. The largest absolute Gasteiger partial charge is 0.354 e. The molecule has 0 saturated carbocycles. The average Bonchev–Trinajstić information content (AvgIpc) is 3.20. The standard InChI is InChI=1S/C16H13ClFN7O2S/c1-23(2)15-21-13-12(28-15)14-22-25(16(27)24(14)7-19-13)6-11(26)20-10-4-3-8(17)5-9(10)18/h3-5,7H,6H2,1-2H3,(H,20,26). The fourth-order valence-corrected chi connectivity index (χ4v) is 3.61. The van der Waals surface area contributed by atoms with Gasteiger partial charge in [-0.2, -0.15) is 4.98 Å². The molecule has 4 aromatic rings. The summed E-state index contributed by atoms with van der Waals surface area (Å²) in [5.74, 6) is -1.27. The van der Waals surface area contributed by atoms with Crippen molar-refractivity contribution in [2.24, 2.45) is 0 Å². The fraction of sp³-hybridized carbons (Fsp3) is 0.188. The number of aromatic nitrogens is 5. The Labute approximate surface area is 166 Å². The molecule has 0 bridgehead atoms. The van der Waals surface area contributed by atoms with Gasteiger partial charge in [0, 0.05) is 19.1 Å². The lowest BCUT2D eigenvalue weighted by molar-refractivity contribution is -0.117. The van der Waals surface area contributed by atoms with E-state index in [-0.39, 0.29) is 17.3 Å². The molecule has 0 atom stereocenters. The molecule has 9 nitrogen and oxygen atoms in total. The zero-order valence-electron chi connectivity index (χ0n) is 14.7. The van der Waals surface area contributed by atoms with Crippen molar-refractivity contribution in [3.05, 3.63) is 45.9 Å². The van der Waals surface area contributed by atoms with Gasteiger partial charge >= 0.3 is 5.69 Å². The van der Waals surface area contributed by atoms with Crippen LogP contribution in [0.3, 0.4) is 0 Å². The van der Waals surface area contributed by atoms with Gasteiger partial charge in [-0.15, -0.1) is 5.10 Å². The van der Waals surface area contributed by atoms with Gasteiger partial charge < -0.3 is 10.2 Å². The maximum absolute atomic E-state index is 13.8. The molecule has 1 N–H and O–H groups in total. The summed E-state index contributed by atoms with van der Waals surface area (Å²) < 4.78 is 16.7. The third kappa shape index (κ3) is 3.18. The second-order valence-electron chi connectivity index (χ2n) is 6.09. The first-order valence-corrected chi connectivity index (χ1v) is 9.20. The van der Waals surface area contributed by atoms with E-state index in [1.54, 1.807) is 0 Å². The summed E-state index contributed by atoms with van der Waals surface area (Å²) >= 11 is 7.03. The van der Waals surface area contributed by atoms with E-state index in [0.717, 1.165) is 10.7 Å². The summed E-state index contributed by atoms with van der Waals surface area (Å²) in [5, 5.41) is 7.56. The molecule has 0 fully saturated rings. The molecule has 28 heavy (non-hydrogen) atoms. The van der Waals surface area contributed by atoms with Gasteiger partial charge in [-0.05, 0) is 18.2 Å². The zero-order valence-corrected chi connectivity index (χ0v) is 16.3. The first-order valence-electron chi connectivity index (χ1n) is 8.00. The molecule has 1 amide bonds. The average molecular weight is 422 g/mol. The van der Waals surface area contributed by atoms with Crippen molar-refractivity contribution < 1.29 is 9.18 Å². The van der Waals surface area contributed by atoms with Crippen LogP contribution in [0.2, 0.25) is 5.02 Å². The van der Waals surface area contributed by atoms with Crippen LogP contribution in [-0.4, -0.2) is 44.2 Å². The molecular weight excluding hydrogens is 409 g/mol. The van der Waals surface area contributed by atoms with E-state index in [9.17, 15) is 14.0 Å². The topological polar surface area (TPSA) is 97.4 Å². The number of hydrogen-bond donors (Lipinski definition) is 1. The van der Waals surface area contributed by atoms with Gasteiger partial charge in [0.25, 0.3) is 0 Å². The summed E-state index contributed by atoms with van der Waals surface area (Å²) in [5.41, 5.74) is 0.251. The molecular formula is C16H13ClFN7O2S. The molecule has 0 aliphatic carbocycles. The quantitative estimate of drug-likeness (QED) is 0.541. The Kier molecular flexibility index (Phi) is 4.47. The number of rotatable bonds is 4. The number of nitrogens with zero attached hydrogens (tertiary/aromatic N) is 6. The van der Waals surface area contributed by atoms with Gasteiger partial charge in [-0.25, -0.2) is 23.3 Å². The predicted octanol–water partition coefficient (Wildman–Crippen LogP) is 2.00. The highest BCUT2D eigenvalue weighted by Crippen LogP contribution is 2.28. The number of thiazole rings is 1. The highest BCUT2D eigenvalue weighted by atomic mass is 35.5. The van der Waals surface area contributed by atoms with Crippen LogP contribution in [0.1, 0.15) is 0 Å². The minimum absolute atomic E-state index is 0.0339. The molecule has 0 unspecified atom stereocenters. The number of halogens is 2. The Bertz CT molecular complexity index is 1280. The van der Waals surface area contributed by atoms with E-state index in [4.69, 9.17) is 11.6 Å². The van der Waals surface area contributed by atoms with Crippen molar-refractivity contribution in [1.82, 2.24) is 24.1 Å². The molecule has 144 valence electrons. The van der Waals surface area contributed by atoms with Crippen molar-refractivity contribution in [3.8, 4) is 0 Å². The Balaban J connectivity index is 1.67. The number of hydrogen-bond acceptors (Lipinski definition) is 7. The normalized spacial score (nSPS) is 11.3. The second-order valence-corrected chi connectivity index (χ2v) is 7.51.